The van der Waals surface area contributed by atoms with E-state index < -0.39 is 5.97 Å². The smallest absolute Gasteiger partial charge is 0.323 e. The van der Waals surface area contributed by atoms with E-state index in [9.17, 15) is 9.59 Å². The number of amides is 1. The van der Waals surface area contributed by atoms with E-state index in [4.69, 9.17) is 5.11 Å². The van der Waals surface area contributed by atoms with E-state index >= 15 is 0 Å². The average Bonchev–Trinajstić information content (AvgIpc) is 2.31. The lowest BCUT2D eigenvalue weighted by atomic mass is 10.1. The monoisotopic (exact) mass is 249 g/mol. The molecule has 1 N–H and O–H groups in total. The van der Waals surface area contributed by atoms with Crippen LogP contribution in [0, 0.1) is 6.92 Å². The van der Waals surface area contributed by atoms with Crippen molar-refractivity contribution in [2.75, 3.05) is 13.1 Å². The molecule has 0 aliphatic carbocycles. The summed E-state index contributed by atoms with van der Waals surface area (Å²) in [4.78, 5) is 24.1. The molecule has 0 saturated heterocycles. The summed E-state index contributed by atoms with van der Waals surface area (Å²) in [6.45, 7) is 4.17. The summed E-state index contributed by atoms with van der Waals surface area (Å²) in [6, 6.07) is 7.70. The normalized spacial score (nSPS) is 10.1. The van der Waals surface area contributed by atoms with Gasteiger partial charge in [-0.15, -0.1) is 0 Å². The van der Waals surface area contributed by atoms with E-state index in [1.54, 1.807) is 0 Å². The number of carboxylic acid groups (broad SMARTS) is 1. The van der Waals surface area contributed by atoms with E-state index in [-0.39, 0.29) is 18.9 Å². The molecule has 0 heterocycles. The Balaban J connectivity index is 2.65. The Morgan fingerprint density at radius 1 is 1.22 bits per heavy atom. The van der Waals surface area contributed by atoms with Crippen molar-refractivity contribution < 1.29 is 14.7 Å². The van der Waals surface area contributed by atoms with Crippen molar-refractivity contribution in [2.24, 2.45) is 0 Å². The largest absolute Gasteiger partial charge is 0.480 e. The number of carbonyl (C=O) groups excluding carboxylic acids is 1. The molecule has 0 atom stereocenters. The molecule has 4 heteroatoms. The summed E-state index contributed by atoms with van der Waals surface area (Å²) in [5.41, 5.74) is 2.05. The molecule has 0 bridgehead atoms. The second-order valence-electron chi connectivity index (χ2n) is 4.37. The minimum absolute atomic E-state index is 0.136. The van der Waals surface area contributed by atoms with E-state index in [1.165, 1.54) is 4.90 Å². The number of nitrogens with zero attached hydrogens (tertiary/aromatic N) is 1. The number of aliphatic carboxylic acids is 1. The molecule has 0 spiro atoms. The van der Waals surface area contributed by atoms with Crippen molar-refractivity contribution >= 4 is 11.9 Å². The molecule has 1 aromatic rings. The maximum atomic E-state index is 12.0. The van der Waals surface area contributed by atoms with Gasteiger partial charge in [0, 0.05) is 6.54 Å². The van der Waals surface area contributed by atoms with E-state index in [1.807, 2.05) is 38.1 Å². The molecule has 0 saturated carbocycles. The number of benzene rings is 1. The van der Waals surface area contributed by atoms with Gasteiger partial charge in [-0.05, 0) is 18.9 Å². The number of carbonyl (C=O) groups is 2. The van der Waals surface area contributed by atoms with Crippen LogP contribution < -0.4 is 0 Å². The van der Waals surface area contributed by atoms with Gasteiger partial charge in [-0.2, -0.15) is 0 Å². The third-order valence-corrected chi connectivity index (χ3v) is 2.65. The molecule has 1 aromatic carbocycles. The van der Waals surface area contributed by atoms with Gasteiger partial charge in [-0.3, -0.25) is 9.59 Å². The summed E-state index contributed by atoms with van der Waals surface area (Å²) in [5.74, 6) is -1.11. The van der Waals surface area contributed by atoms with Crippen LogP contribution in [0.4, 0.5) is 0 Å². The minimum Gasteiger partial charge on any atom is -0.480 e. The van der Waals surface area contributed by atoms with Crippen molar-refractivity contribution in [2.45, 2.75) is 26.7 Å². The highest BCUT2D eigenvalue weighted by Crippen LogP contribution is 2.06. The predicted molar refractivity (Wildman–Crippen MR) is 69.4 cm³/mol. The van der Waals surface area contributed by atoms with Crippen LogP contribution in [0.5, 0.6) is 0 Å². The Kier molecular flexibility index (Phi) is 5.36. The topological polar surface area (TPSA) is 57.6 Å². The van der Waals surface area contributed by atoms with Crippen LogP contribution in [-0.2, 0) is 16.0 Å². The lowest BCUT2D eigenvalue weighted by molar-refractivity contribution is -0.144. The van der Waals surface area contributed by atoms with Gasteiger partial charge in [0.25, 0.3) is 0 Å². The summed E-state index contributed by atoms with van der Waals surface area (Å²) in [6.07, 6.45) is 1.01. The van der Waals surface area contributed by atoms with Crippen molar-refractivity contribution in [3.05, 3.63) is 35.4 Å². The maximum Gasteiger partial charge on any atom is 0.323 e. The Morgan fingerprint density at radius 3 is 2.33 bits per heavy atom. The quantitative estimate of drug-likeness (QED) is 0.837. The van der Waals surface area contributed by atoms with Gasteiger partial charge in [0.2, 0.25) is 5.91 Å². The molecule has 0 fully saturated rings. The van der Waals surface area contributed by atoms with Crippen LogP contribution in [0.15, 0.2) is 24.3 Å². The van der Waals surface area contributed by atoms with Gasteiger partial charge in [-0.1, -0.05) is 36.8 Å². The minimum atomic E-state index is -0.972. The first kappa shape index (κ1) is 14.2. The Hall–Kier alpha value is -1.84. The van der Waals surface area contributed by atoms with Crippen LogP contribution >= 0.6 is 0 Å². The summed E-state index contributed by atoms with van der Waals surface area (Å²) >= 11 is 0. The van der Waals surface area contributed by atoms with Gasteiger partial charge in [0.15, 0.2) is 0 Å². The fraction of sp³-hybridized carbons (Fsp3) is 0.429. The van der Waals surface area contributed by atoms with E-state index in [0.717, 1.165) is 17.5 Å². The van der Waals surface area contributed by atoms with E-state index in [0.29, 0.717) is 6.54 Å². The molecule has 0 unspecified atom stereocenters. The number of carboxylic acids is 1. The zero-order chi connectivity index (χ0) is 13.5. The molecule has 1 amide bonds. The van der Waals surface area contributed by atoms with Crippen molar-refractivity contribution in [1.29, 1.82) is 0 Å². The average molecular weight is 249 g/mol. The summed E-state index contributed by atoms with van der Waals surface area (Å²) < 4.78 is 0. The van der Waals surface area contributed by atoms with Gasteiger partial charge in [0.05, 0.1) is 6.42 Å². The standard InChI is InChI=1S/C14H19NO3/c1-3-8-15(10-14(17)18)13(16)9-12-6-4-11(2)5-7-12/h4-7H,3,8-10H2,1-2H3,(H,17,18). The number of hydrogen-bond acceptors (Lipinski definition) is 2. The molecule has 18 heavy (non-hydrogen) atoms. The Morgan fingerprint density at radius 2 is 1.83 bits per heavy atom. The molecule has 98 valence electrons. The predicted octanol–water partition coefficient (Wildman–Crippen LogP) is 1.86. The lowest BCUT2D eigenvalue weighted by Crippen LogP contribution is -2.37. The number of aryl methyl sites for hydroxylation is 1. The highest BCUT2D eigenvalue weighted by molar-refractivity contribution is 5.83. The van der Waals surface area contributed by atoms with Crippen LogP contribution in [0.2, 0.25) is 0 Å². The second kappa shape index (κ2) is 6.79. The first-order valence-electron chi connectivity index (χ1n) is 6.08. The third-order valence-electron chi connectivity index (χ3n) is 2.65. The molecular formula is C14H19NO3. The zero-order valence-corrected chi connectivity index (χ0v) is 10.8. The highest BCUT2D eigenvalue weighted by Gasteiger charge is 2.15. The molecule has 4 nitrogen and oxygen atoms in total. The highest BCUT2D eigenvalue weighted by atomic mass is 16.4. The summed E-state index contributed by atoms with van der Waals surface area (Å²) in [5, 5.41) is 8.77. The SMILES string of the molecule is CCCN(CC(=O)O)C(=O)Cc1ccc(C)cc1. The van der Waals surface area contributed by atoms with Crippen molar-refractivity contribution in [3.63, 3.8) is 0 Å². The van der Waals surface area contributed by atoms with Crippen molar-refractivity contribution in [3.8, 4) is 0 Å². The van der Waals surface area contributed by atoms with Gasteiger partial charge in [-0.25, -0.2) is 0 Å². The molecule has 0 aliphatic rings. The number of hydrogen-bond donors (Lipinski definition) is 1. The summed E-state index contributed by atoms with van der Waals surface area (Å²) in [7, 11) is 0. The molecule has 0 radical (unpaired) electrons. The van der Waals surface area contributed by atoms with Crippen LogP contribution in [0.3, 0.4) is 0 Å². The fourth-order valence-electron chi connectivity index (χ4n) is 1.72. The van der Waals surface area contributed by atoms with Crippen LogP contribution in [-0.4, -0.2) is 35.0 Å². The molecule has 0 aromatic heterocycles. The number of rotatable bonds is 6. The lowest BCUT2D eigenvalue weighted by Gasteiger charge is -2.19. The maximum absolute atomic E-state index is 12.0. The van der Waals surface area contributed by atoms with Crippen molar-refractivity contribution in [1.82, 2.24) is 4.90 Å². The second-order valence-corrected chi connectivity index (χ2v) is 4.37. The van der Waals surface area contributed by atoms with Gasteiger partial charge >= 0.3 is 5.97 Å². The Labute approximate surface area is 107 Å². The molecule has 0 aliphatic heterocycles. The van der Waals surface area contributed by atoms with Gasteiger partial charge < -0.3 is 10.0 Å². The first-order chi connectivity index (χ1) is 8.52. The fourth-order valence-corrected chi connectivity index (χ4v) is 1.72. The molecule has 1 rings (SSSR count). The zero-order valence-electron chi connectivity index (χ0n) is 10.8. The van der Waals surface area contributed by atoms with Crippen LogP contribution in [0.1, 0.15) is 24.5 Å². The Bertz CT molecular complexity index is 412. The first-order valence-corrected chi connectivity index (χ1v) is 6.08. The van der Waals surface area contributed by atoms with E-state index in [2.05, 4.69) is 0 Å². The third kappa shape index (κ3) is 4.57. The van der Waals surface area contributed by atoms with Gasteiger partial charge in [0.1, 0.15) is 6.54 Å². The molecular weight excluding hydrogens is 230 g/mol. The van der Waals surface area contributed by atoms with Crippen LogP contribution in [0.25, 0.3) is 0 Å².